The van der Waals surface area contributed by atoms with E-state index < -0.39 is 0 Å². The Bertz CT molecular complexity index is 284. The van der Waals surface area contributed by atoms with Gasteiger partial charge in [0.1, 0.15) is 0 Å². The van der Waals surface area contributed by atoms with Crippen LogP contribution >= 0.6 is 21.7 Å². The van der Waals surface area contributed by atoms with Gasteiger partial charge < -0.3 is 0 Å². The van der Waals surface area contributed by atoms with Gasteiger partial charge in [0.05, 0.1) is 0 Å². The normalized spacial score (nSPS) is 9.62. The van der Waals surface area contributed by atoms with Crippen molar-refractivity contribution in [1.29, 1.82) is 0 Å². The van der Waals surface area contributed by atoms with Crippen LogP contribution in [0.15, 0.2) is 24.3 Å². The van der Waals surface area contributed by atoms with Gasteiger partial charge >= 0.3 is 98.7 Å². The Hall–Kier alpha value is 0.148. The molecule has 13 heavy (non-hydrogen) atoms. The molecular formula is C9H10MoNS2. The van der Waals surface area contributed by atoms with Crippen LogP contribution < -0.4 is 5.32 Å². The van der Waals surface area contributed by atoms with Gasteiger partial charge in [-0.05, 0) is 0 Å². The van der Waals surface area contributed by atoms with Crippen LogP contribution in [0.2, 0.25) is 0 Å². The fourth-order valence-corrected chi connectivity index (χ4v) is 1.55. The summed E-state index contributed by atoms with van der Waals surface area (Å²) in [5, 5.41) is 3.14. The number of hydrogen-bond donors (Lipinski definition) is 1. The van der Waals surface area contributed by atoms with Gasteiger partial charge in [0, 0.05) is 0 Å². The molecule has 4 heteroatoms. The van der Waals surface area contributed by atoms with E-state index in [1.807, 2.05) is 18.5 Å². The van der Waals surface area contributed by atoms with E-state index in [0.717, 1.165) is 16.4 Å². The Morgan fingerprint density at radius 3 is 2.54 bits per heavy atom. The maximum atomic E-state index is 5.05. The molecule has 0 heterocycles. The minimum atomic E-state index is 0.814. The average molecular weight is 292 g/mol. The Morgan fingerprint density at radius 1 is 1.46 bits per heavy atom. The van der Waals surface area contributed by atoms with Crippen molar-refractivity contribution in [3.63, 3.8) is 0 Å². The number of benzene rings is 1. The first-order chi connectivity index (χ1) is 6.26. The Balaban J connectivity index is 2.64. The topological polar surface area (TPSA) is 12.0 Å². The fraction of sp³-hybridized carbons (Fsp3) is 0.222. The van der Waals surface area contributed by atoms with Crippen molar-refractivity contribution in [1.82, 2.24) is 0 Å². The number of anilines is 1. The quantitative estimate of drug-likeness (QED) is 0.664. The number of thiocarbonyl (C=S) groups is 1. The summed E-state index contributed by atoms with van der Waals surface area (Å²) in [5.41, 5.74) is 2.42. The summed E-state index contributed by atoms with van der Waals surface area (Å²) in [5.74, 6) is 0. The molecule has 0 fully saturated rings. The molecule has 1 nitrogen and oxygen atoms in total. The molecule has 0 bridgehead atoms. The zero-order chi connectivity index (χ0) is 9.68. The van der Waals surface area contributed by atoms with Gasteiger partial charge in [-0.2, -0.15) is 0 Å². The maximum absolute atomic E-state index is 5.05. The van der Waals surface area contributed by atoms with Crippen molar-refractivity contribution < 1.29 is 18.5 Å². The second kappa shape index (κ2) is 5.79. The summed E-state index contributed by atoms with van der Waals surface area (Å²) < 4.78 is 0.814. The molecular weight excluding hydrogens is 282 g/mol. The van der Waals surface area contributed by atoms with Gasteiger partial charge in [-0.15, -0.1) is 0 Å². The molecule has 0 amide bonds. The molecule has 0 unspecified atom stereocenters. The van der Waals surface area contributed by atoms with Crippen molar-refractivity contribution in [3.05, 3.63) is 29.8 Å². The third-order valence-corrected chi connectivity index (χ3v) is 4.36. The molecule has 0 saturated heterocycles. The van der Waals surface area contributed by atoms with Crippen molar-refractivity contribution in [2.75, 3.05) is 5.32 Å². The van der Waals surface area contributed by atoms with Gasteiger partial charge in [0.15, 0.2) is 0 Å². The van der Waals surface area contributed by atoms with Crippen LogP contribution in [0, 0.1) is 0 Å². The molecule has 0 radical (unpaired) electrons. The molecule has 0 saturated carbocycles. The van der Waals surface area contributed by atoms with Gasteiger partial charge in [-0.1, -0.05) is 0 Å². The second-order valence-corrected chi connectivity index (χ2v) is 5.02. The molecule has 69 valence electrons. The van der Waals surface area contributed by atoms with Crippen molar-refractivity contribution in [2.45, 2.75) is 13.3 Å². The first-order valence-corrected chi connectivity index (χ1v) is 7.56. The van der Waals surface area contributed by atoms with Crippen LogP contribution in [0.5, 0.6) is 0 Å². The van der Waals surface area contributed by atoms with E-state index in [4.69, 9.17) is 12.2 Å². The van der Waals surface area contributed by atoms with E-state index >= 15 is 0 Å². The second-order valence-electron chi connectivity index (χ2n) is 2.55. The van der Waals surface area contributed by atoms with E-state index in [-0.39, 0.29) is 0 Å². The average Bonchev–Trinajstić information content (AvgIpc) is 2.19. The summed E-state index contributed by atoms with van der Waals surface area (Å²) in [7, 11) is 1.56. The number of nitrogens with one attached hydrogen (secondary N) is 1. The molecule has 0 atom stereocenters. The monoisotopic (exact) mass is 294 g/mol. The number of hydrogen-bond acceptors (Lipinski definition) is 2. The summed E-state index contributed by atoms with van der Waals surface area (Å²) in [6, 6.07) is 8.35. The zero-order valence-electron chi connectivity index (χ0n) is 7.24. The minimum absolute atomic E-state index is 0.814. The summed E-state index contributed by atoms with van der Waals surface area (Å²) in [6.45, 7) is 2.15. The Morgan fingerprint density at radius 2 is 2.08 bits per heavy atom. The number of aryl methyl sites for hydroxylation is 1. The molecule has 1 aromatic rings. The van der Waals surface area contributed by atoms with E-state index in [1.165, 1.54) is 5.56 Å². The summed E-state index contributed by atoms with van der Waals surface area (Å²) in [4.78, 5) is 0. The summed E-state index contributed by atoms with van der Waals surface area (Å²) >= 11 is 6.95. The fourth-order valence-electron chi connectivity index (χ4n) is 0.962. The van der Waals surface area contributed by atoms with Crippen LogP contribution in [-0.4, -0.2) is 4.32 Å². The molecule has 1 aromatic carbocycles. The van der Waals surface area contributed by atoms with Gasteiger partial charge in [-0.25, -0.2) is 0 Å². The molecule has 0 aromatic heterocycles. The summed E-state index contributed by atoms with van der Waals surface area (Å²) in [6.07, 6.45) is 1.08. The SMILES string of the molecule is CCc1ccc(NC(=S)[S][Mo])cc1. The van der Waals surface area contributed by atoms with Gasteiger partial charge in [-0.3, -0.25) is 0 Å². The van der Waals surface area contributed by atoms with E-state index in [0.29, 0.717) is 0 Å². The zero-order valence-corrected chi connectivity index (χ0v) is 10.9. The standard InChI is InChI=1S/C9H11NS2.Mo/c1-2-7-3-5-8(6-4-7)10-9(11)12;/h3-6H,2H2,1H3,(H2,10,11,12);/q;+1/p-1. The predicted molar refractivity (Wildman–Crippen MR) is 59.6 cm³/mol. The number of rotatable bonds is 2. The molecule has 1 N–H and O–H groups in total. The van der Waals surface area contributed by atoms with Crippen LogP contribution in [0.4, 0.5) is 5.69 Å². The Kier molecular flexibility index (Phi) is 5.00. The first kappa shape index (κ1) is 11.2. The molecule has 0 spiro atoms. The van der Waals surface area contributed by atoms with Crippen molar-refractivity contribution >= 4 is 31.7 Å². The van der Waals surface area contributed by atoms with Crippen LogP contribution in [0.25, 0.3) is 0 Å². The van der Waals surface area contributed by atoms with Gasteiger partial charge in [0.25, 0.3) is 0 Å². The van der Waals surface area contributed by atoms with Gasteiger partial charge in [0.2, 0.25) is 0 Å². The third kappa shape index (κ3) is 3.80. The van der Waals surface area contributed by atoms with Crippen LogP contribution in [-0.2, 0) is 25.0 Å². The van der Waals surface area contributed by atoms with E-state index in [2.05, 4.69) is 36.5 Å². The molecule has 0 aliphatic carbocycles. The first-order valence-electron chi connectivity index (χ1n) is 3.96. The molecule has 1 rings (SSSR count). The van der Waals surface area contributed by atoms with E-state index in [1.54, 1.807) is 9.47 Å². The van der Waals surface area contributed by atoms with Crippen LogP contribution in [0.3, 0.4) is 0 Å². The van der Waals surface area contributed by atoms with Crippen LogP contribution in [0.1, 0.15) is 12.5 Å². The Labute approximate surface area is 98.3 Å². The molecule has 0 aliphatic rings. The van der Waals surface area contributed by atoms with E-state index in [9.17, 15) is 0 Å². The third-order valence-electron chi connectivity index (χ3n) is 1.68. The molecule has 0 aliphatic heterocycles. The predicted octanol–water partition coefficient (Wildman–Crippen LogP) is 3.14. The van der Waals surface area contributed by atoms with Crippen molar-refractivity contribution in [3.8, 4) is 0 Å². The van der Waals surface area contributed by atoms with Crippen molar-refractivity contribution in [2.24, 2.45) is 0 Å².